The van der Waals surface area contributed by atoms with Gasteiger partial charge in [0.15, 0.2) is 0 Å². The van der Waals surface area contributed by atoms with Crippen molar-refractivity contribution in [2.75, 3.05) is 6.54 Å². The van der Waals surface area contributed by atoms with E-state index in [1.165, 1.54) is 0 Å². The fourth-order valence-corrected chi connectivity index (χ4v) is 1.58. The van der Waals surface area contributed by atoms with E-state index in [1.807, 2.05) is 27.7 Å². The molecule has 0 radical (unpaired) electrons. The monoisotopic (exact) mass is 274 g/mol. The molecule has 1 rings (SSSR count). The van der Waals surface area contributed by atoms with Crippen LogP contribution in [0.5, 0.6) is 0 Å². The van der Waals surface area contributed by atoms with E-state index in [0.717, 1.165) is 5.69 Å². The fraction of sp³-hybridized carbons (Fsp3) is 0.667. The number of hydrogen-bond acceptors (Lipinski definition) is 3. The molecule has 0 aliphatic carbocycles. The van der Waals surface area contributed by atoms with Gasteiger partial charge in [0.25, 0.3) is 5.91 Å². The Morgan fingerprint density at radius 2 is 2.17 bits per heavy atom. The number of carbonyl (C=O) groups is 1. The minimum Gasteiger partial charge on any atom is -0.345 e. The van der Waals surface area contributed by atoms with Gasteiger partial charge in [-0.2, -0.15) is 5.10 Å². The summed E-state index contributed by atoms with van der Waals surface area (Å²) in [4.78, 5) is 12.1. The molecule has 18 heavy (non-hydrogen) atoms. The Morgan fingerprint density at radius 1 is 1.61 bits per heavy atom. The number of hydrogen-bond donors (Lipinski definition) is 2. The summed E-state index contributed by atoms with van der Waals surface area (Å²) in [6, 6.07) is 0. The molecule has 0 aliphatic rings. The van der Waals surface area contributed by atoms with Crippen molar-refractivity contribution in [3.63, 3.8) is 0 Å². The van der Waals surface area contributed by atoms with E-state index < -0.39 is 0 Å². The molecule has 1 aromatic rings. The van der Waals surface area contributed by atoms with Gasteiger partial charge in [-0.25, -0.2) is 0 Å². The van der Waals surface area contributed by atoms with Crippen LogP contribution in [-0.4, -0.2) is 27.8 Å². The molecule has 0 aromatic carbocycles. The molecular weight excluding hydrogens is 252 g/mol. The molecule has 6 heteroatoms. The third-order valence-corrected chi connectivity index (χ3v) is 3.36. The first kappa shape index (κ1) is 16.9. The number of nitrogens with zero attached hydrogens (tertiary/aromatic N) is 2. The number of halogens is 1. The maximum Gasteiger partial charge on any atom is 0.255 e. The first-order valence-electron chi connectivity index (χ1n) is 5.83. The molecule has 1 heterocycles. The molecule has 1 unspecified atom stereocenters. The first-order valence-corrected chi connectivity index (χ1v) is 5.83. The molecule has 0 fully saturated rings. The van der Waals surface area contributed by atoms with Gasteiger partial charge in [-0.3, -0.25) is 9.48 Å². The van der Waals surface area contributed by atoms with Crippen LogP contribution in [0.1, 0.15) is 36.8 Å². The number of carbonyl (C=O) groups excluding carboxylic acids is 1. The molecular formula is C12H23ClN4O. The maximum atomic E-state index is 12.1. The summed E-state index contributed by atoms with van der Waals surface area (Å²) in [5, 5.41) is 7.15. The summed E-state index contributed by atoms with van der Waals surface area (Å²) >= 11 is 0. The normalized spacial score (nSPS) is 13.9. The predicted octanol–water partition coefficient (Wildman–Crippen LogP) is 1.25. The van der Waals surface area contributed by atoms with Gasteiger partial charge in [-0.15, -0.1) is 12.4 Å². The highest BCUT2D eigenvalue weighted by molar-refractivity contribution is 5.95. The molecule has 1 amide bonds. The van der Waals surface area contributed by atoms with Crippen molar-refractivity contribution in [2.24, 2.45) is 18.7 Å². The van der Waals surface area contributed by atoms with E-state index in [2.05, 4.69) is 10.4 Å². The van der Waals surface area contributed by atoms with E-state index in [-0.39, 0.29) is 29.8 Å². The second kappa shape index (κ2) is 6.20. The average molecular weight is 275 g/mol. The van der Waals surface area contributed by atoms with Crippen molar-refractivity contribution in [3.05, 3.63) is 17.5 Å². The number of aromatic nitrogens is 2. The van der Waals surface area contributed by atoms with Gasteiger partial charge in [0.1, 0.15) is 0 Å². The molecule has 0 bridgehead atoms. The van der Waals surface area contributed by atoms with Crippen molar-refractivity contribution in [3.8, 4) is 0 Å². The smallest absolute Gasteiger partial charge is 0.255 e. The maximum absolute atomic E-state index is 12.1. The SMILES string of the molecule is Cc1nn(C)cc1C(=O)NC(C)(CN)C(C)C.Cl. The zero-order valence-electron chi connectivity index (χ0n) is 11.7. The molecule has 3 N–H and O–H groups in total. The minimum atomic E-state index is -0.390. The van der Waals surface area contributed by atoms with Crippen molar-refractivity contribution < 1.29 is 4.79 Å². The molecule has 0 saturated carbocycles. The van der Waals surface area contributed by atoms with Gasteiger partial charge in [-0.05, 0) is 19.8 Å². The van der Waals surface area contributed by atoms with Gasteiger partial charge in [0.2, 0.25) is 0 Å². The zero-order valence-corrected chi connectivity index (χ0v) is 12.5. The van der Waals surface area contributed by atoms with Gasteiger partial charge in [-0.1, -0.05) is 13.8 Å². The lowest BCUT2D eigenvalue weighted by molar-refractivity contribution is 0.0882. The van der Waals surface area contributed by atoms with Crippen LogP contribution >= 0.6 is 12.4 Å². The second-order valence-corrected chi connectivity index (χ2v) is 5.03. The van der Waals surface area contributed by atoms with Crippen molar-refractivity contribution in [2.45, 2.75) is 33.2 Å². The number of nitrogens with one attached hydrogen (secondary N) is 1. The van der Waals surface area contributed by atoms with Crippen LogP contribution < -0.4 is 11.1 Å². The third-order valence-electron chi connectivity index (χ3n) is 3.36. The average Bonchev–Trinajstić information content (AvgIpc) is 2.57. The molecule has 1 aromatic heterocycles. The Labute approximate surface area is 115 Å². The zero-order chi connectivity index (χ0) is 13.2. The highest BCUT2D eigenvalue weighted by Crippen LogP contribution is 2.16. The standard InChI is InChI=1S/C12H22N4O.ClH/c1-8(2)12(4,7-13)14-11(17)10-6-16(5)15-9(10)3;/h6,8H,7,13H2,1-5H3,(H,14,17);1H. The summed E-state index contributed by atoms with van der Waals surface area (Å²) in [5.74, 6) is 0.158. The van der Waals surface area contributed by atoms with E-state index >= 15 is 0 Å². The summed E-state index contributed by atoms with van der Waals surface area (Å²) in [6.45, 7) is 8.29. The largest absolute Gasteiger partial charge is 0.345 e. The lowest BCUT2D eigenvalue weighted by atomic mass is 9.88. The highest BCUT2D eigenvalue weighted by atomic mass is 35.5. The van der Waals surface area contributed by atoms with Gasteiger partial charge in [0, 0.05) is 19.8 Å². The topological polar surface area (TPSA) is 72.9 Å². The van der Waals surface area contributed by atoms with Crippen LogP contribution in [0.2, 0.25) is 0 Å². The van der Waals surface area contributed by atoms with Crippen LogP contribution in [-0.2, 0) is 7.05 Å². The minimum absolute atomic E-state index is 0. The summed E-state index contributed by atoms with van der Waals surface area (Å²) in [5.41, 5.74) is 6.69. The third kappa shape index (κ3) is 3.46. The molecule has 0 spiro atoms. The molecule has 0 saturated heterocycles. The quantitative estimate of drug-likeness (QED) is 0.868. The van der Waals surface area contributed by atoms with Crippen molar-refractivity contribution >= 4 is 18.3 Å². The predicted molar refractivity (Wildman–Crippen MR) is 75.0 cm³/mol. The Bertz CT molecular complexity index is 416. The van der Waals surface area contributed by atoms with E-state index in [4.69, 9.17) is 5.73 Å². The van der Waals surface area contributed by atoms with E-state index in [1.54, 1.807) is 17.9 Å². The first-order chi connectivity index (χ1) is 7.80. The number of rotatable bonds is 4. The van der Waals surface area contributed by atoms with Crippen molar-refractivity contribution in [1.82, 2.24) is 15.1 Å². The fourth-order valence-electron chi connectivity index (χ4n) is 1.58. The van der Waals surface area contributed by atoms with Crippen molar-refractivity contribution in [1.29, 1.82) is 0 Å². The Kier molecular flexibility index (Phi) is 5.83. The van der Waals surface area contributed by atoms with Gasteiger partial charge >= 0.3 is 0 Å². The van der Waals surface area contributed by atoms with Crippen LogP contribution in [0.25, 0.3) is 0 Å². The van der Waals surface area contributed by atoms with Crippen LogP contribution in [0, 0.1) is 12.8 Å². The molecule has 1 atom stereocenters. The lowest BCUT2D eigenvalue weighted by Crippen LogP contribution is -2.55. The summed E-state index contributed by atoms with van der Waals surface area (Å²) < 4.78 is 1.64. The number of aryl methyl sites for hydroxylation is 2. The number of amides is 1. The molecule has 0 aliphatic heterocycles. The molecule has 104 valence electrons. The second-order valence-electron chi connectivity index (χ2n) is 5.03. The summed E-state index contributed by atoms with van der Waals surface area (Å²) in [6.07, 6.45) is 1.72. The lowest BCUT2D eigenvalue weighted by Gasteiger charge is -2.33. The Morgan fingerprint density at radius 3 is 2.50 bits per heavy atom. The Hall–Kier alpha value is -1.07. The Balaban J connectivity index is 0.00000289. The van der Waals surface area contributed by atoms with Crippen LogP contribution in [0.15, 0.2) is 6.20 Å². The highest BCUT2D eigenvalue weighted by Gasteiger charge is 2.29. The summed E-state index contributed by atoms with van der Waals surface area (Å²) in [7, 11) is 1.80. The number of nitrogens with two attached hydrogens (primary N) is 1. The van der Waals surface area contributed by atoms with Gasteiger partial charge < -0.3 is 11.1 Å². The van der Waals surface area contributed by atoms with E-state index in [0.29, 0.717) is 12.1 Å². The van der Waals surface area contributed by atoms with Crippen LogP contribution in [0.4, 0.5) is 0 Å². The van der Waals surface area contributed by atoms with Crippen LogP contribution in [0.3, 0.4) is 0 Å². The molecule has 5 nitrogen and oxygen atoms in total. The van der Waals surface area contributed by atoms with E-state index in [9.17, 15) is 4.79 Å². The van der Waals surface area contributed by atoms with Gasteiger partial charge in [0.05, 0.1) is 16.8 Å².